The average molecular weight is 378 g/mol. The van der Waals surface area contributed by atoms with Gasteiger partial charge >= 0.3 is 0 Å². The van der Waals surface area contributed by atoms with Crippen LogP contribution in [-0.4, -0.2) is 23.8 Å². The van der Waals surface area contributed by atoms with Crippen LogP contribution >= 0.6 is 11.3 Å². The Labute approximate surface area is 164 Å². The maximum Gasteiger partial charge on any atom is 0.235 e. The van der Waals surface area contributed by atoms with E-state index in [0.29, 0.717) is 11.9 Å². The second-order valence-electron chi connectivity index (χ2n) is 7.49. The molecule has 0 bridgehead atoms. The lowest BCUT2D eigenvalue weighted by Crippen LogP contribution is -2.54. The number of amides is 1. The number of hydrogen-bond donors (Lipinski definition) is 1. The van der Waals surface area contributed by atoms with Gasteiger partial charge in [0.2, 0.25) is 5.91 Å². The lowest BCUT2D eigenvalue weighted by molar-refractivity contribution is -0.134. The molecule has 0 saturated heterocycles. The van der Waals surface area contributed by atoms with Gasteiger partial charge in [0.05, 0.1) is 5.92 Å². The molecule has 0 radical (unpaired) electrons. The SMILES string of the molecule is CC#Cc1cccc(-c2csc([C@@]3(C)N=C(N)N(C)C(=O)[C@H]3C3CC3)c2)c1. The molecule has 138 valence electrons. The molecule has 0 unspecified atom stereocenters. The van der Waals surface area contributed by atoms with Gasteiger partial charge in [-0.25, -0.2) is 4.99 Å². The molecule has 2 aliphatic rings. The Morgan fingerprint density at radius 2 is 2.07 bits per heavy atom. The fraction of sp³-hybridized carbons (Fsp3) is 0.364. The van der Waals surface area contributed by atoms with Crippen molar-refractivity contribution in [2.45, 2.75) is 32.2 Å². The molecular weight excluding hydrogens is 354 g/mol. The Balaban J connectivity index is 1.76. The average Bonchev–Trinajstić information content (AvgIpc) is 3.33. The van der Waals surface area contributed by atoms with Gasteiger partial charge in [0.15, 0.2) is 5.96 Å². The molecule has 0 spiro atoms. The van der Waals surface area contributed by atoms with Crippen LogP contribution in [0.3, 0.4) is 0 Å². The van der Waals surface area contributed by atoms with E-state index in [4.69, 9.17) is 10.7 Å². The third kappa shape index (κ3) is 3.04. The highest BCUT2D eigenvalue weighted by Crippen LogP contribution is 2.51. The molecule has 1 fully saturated rings. The van der Waals surface area contributed by atoms with Crippen LogP contribution in [0, 0.1) is 23.7 Å². The number of thiophene rings is 1. The van der Waals surface area contributed by atoms with E-state index in [1.54, 1.807) is 18.4 Å². The molecule has 1 aliphatic carbocycles. The molecule has 5 heteroatoms. The van der Waals surface area contributed by atoms with Crippen molar-refractivity contribution in [3.8, 4) is 23.0 Å². The number of nitrogens with zero attached hydrogens (tertiary/aromatic N) is 2. The van der Waals surface area contributed by atoms with Crippen molar-refractivity contribution in [1.29, 1.82) is 0 Å². The quantitative estimate of drug-likeness (QED) is 0.827. The number of hydrogen-bond acceptors (Lipinski definition) is 4. The maximum atomic E-state index is 13.0. The minimum Gasteiger partial charge on any atom is -0.369 e. The first kappa shape index (κ1) is 17.8. The van der Waals surface area contributed by atoms with Gasteiger partial charge in [0.1, 0.15) is 5.54 Å². The van der Waals surface area contributed by atoms with Crippen molar-refractivity contribution in [2.75, 3.05) is 7.05 Å². The predicted octanol–water partition coefficient (Wildman–Crippen LogP) is 3.81. The zero-order chi connectivity index (χ0) is 19.2. The fourth-order valence-corrected chi connectivity index (χ4v) is 4.98. The zero-order valence-corrected chi connectivity index (χ0v) is 16.6. The summed E-state index contributed by atoms with van der Waals surface area (Å²) < 4.78 is 0. The van der Waals surface area contributed by atoms with Crippen molar-refractivity contribution in [1.82, 2.24) is 4.90 Å². The molecular formula is C22H23N3OS. The molecule has 1 saturated carbocycles. The van der Waals surface area contributed by atoms with Crippen LogP contribution in [0.4, 0.5) is 0 Å². The van der Waals surface area contributed by atoms with Crippen molar-refractivity contribution in [2.24, 2.45) is 22.6 Å². The fourth-order valence-electron chi connectivity index (χ4n) is 3.92. The molecule has 2 N–H and O–H groups in total. The smallest absolute Gasteiger partial charge is 0.235 e. The van der Waals surface area contributed by atoms with Crippen molar-refractivity contribution in [3.63, 3.8) is 0 Å². The van der Waals surface area contributed by atoms with Gasteiger partial charge in [-0.1, -0.05) is 18.1 Å². The summed E-state index contributed by atoms with van der Waals surface area (Å²) in [6.45, 7) is 3.90. The highest BCUT2D eigenvalue weighted by molar-refractivity contribution is 7.10. The Hall–Kier alpha value is -2.58. The molecule has 2 heterocycles. The number of nitrogens with two attached hydrogens (primary N) is 1. The summed E-state index contributed by atoms with van der Waals surface area (Å²) in [5.41, 5.74) is 8.74. The van der Waals surface area contributed by atoms with E-state index in [1.807, 2.05) is 19.1 Å². The van der Waals surface area contributed by atoms with Crippen LogP contribution in [0.25, 0.3) is 11.1 Å². The number of aliphatic imine (C=N–C) groups is 1. The third-order valence-corrected chi connectivity index (χ3v) is 6.71. The summed E-state index contributed by atoms with van der Waals surface area (Å²) in [5.74, 6) is 6.70. The second-order valence-corrected chi connectivity index (χ2v) is 8.40. The van der Waals surface area contributed by atoms with Crippen molar-refractivity contribution >= 4 is 23.2 Å². The first-order chi connectivity index (χ1) is 12.9. The maximum absolute atomic E-state index is 13.0. The highest BCUT2D eigenvalue weighted by Gasteiger charge is 2.53. The summed E-state index contributed by atoms with van der Waals surface area (Å²) in [7, 11) is 1.72. The van der Waals surface area contributed by atoms with E-state index in [-0.39, 0.29) is 11.8 Å². The first-order valence-corrected chi connectivity index (χ1v) is 10.1. The van der Waals surface area contributed by atoms with Gasteiger partial charge in [0.25, 0.3) is 0 Å². The van der Waals surface area contributed by atoms with Gasteiger partial charge in [-0.2, -0.15) is 0 Å². The molecule has 1 aliphatic heterocycles. The summed E-state index contributed by atoms with van der Waals surface area (Å²) in [4.78, 5) is 20.3. The lowest BCUT2D eigenvalue weighted by Gasteiger charge is -2.40. The van der Waals surface area contributed by atoms with Crippen LogP contribution in [0.15, 0.2) is 40.7 Å². The van der Waals surface area contributed by atoms with Gasteiger partial charge in [-0.15, -0.1) is 17.3 Å². The van der Waals surface area contributed by atoms with Gasteiger partial charge in [-0.05, 0) is 67.3 Å². The number of carbonyl (C=O) groups is 1. The minimum absolute atomic E-state index is 0.0858. The van der Waals surface area contributed by atoms with Gasteiger partial charge < -0.3 is 5.73 Å². The zero-order valence-electron chi connectivity index (χ0n) is 15.8. The highest BCUT2D eigenvalue weighted by atomic mass is 32.1. The summed E-state index contributed by atoms with van der Waals surface area (Å²) in [5, 5.41) is 2.14. The van der Waals surface area contributed by atoms with Crippen LogP contribution in [0.5, 0.6) is 0 Å². The monoisotopic (exact) mass is 377 g/mol. The van der Waals surface area contributed by atoms with E-state index in [9.17, 15) is 4.79 Å². The Morgan fingerprint density at radius 3 is 2.78 bits per heavy atom. The first-order valence-electron chi connectivity index (χ1n) is 9.19. The molecule has 2 atom stereocenters. The normalized spacial score (nSPS) is 25.0. The van der Waals surface area contributed by atoms with E-state index in [2.05, 4.69) is 42.3 Å². The van der Waals surface area contributed by atoms with E-state index in [0.717, 1.165) is 34.4 Å². The summed E-state index contributed by atoms with van der Waals surface area (Å²) in [6, 6.07) is 10.4. The third-order valence-electron chi connectivity index (χ3n) is 5.55. The molecule has 27 heavy (non-hydrogen) atoms. The molecule has 4 nitrogen and oxygen atoms in total. The molecule has 1 aromatic carbocycles. The second kappa shape index (κ2) is 6.54. The van der Waals surface area contributed by atoms with Crippen molar-refractivity contribution < 1.29 is 4.79 Å². The number of guanidine groups is 1. The van der Waals surface area contributed by atoms with Gasteiger partial charge in [0, 0.05) is 17.5 Å². The largest absolute Gasteiger partial charge is 0.369 e. The van der Waals surface area contributed by atoms with Crippen LogP contribution in [0.2, 0.25) is 0 Å². The number of benzene rings is 1. The van der Waals surface area contributed by atoms with Gasteiger partial charge in [-0.3, -0.25) is 9.69 Å². The summed E-state index contributed by atoms with van der Waals surface area (Å²) >= 11 is 1.65. The Morgan fingerprint density at radius 1 is 1.30 bits per heavy atom. The Bertz CT molecular complexity index is 992. The number of rotatable bonds is 3. The van der Waals surface area contributed by atoms with E-state index >= 15 is 0 Å². The predicted molar refractivity (Wildman–Crippen MR) is 110 cm³/mol. The lowest BCUT2D eigenvalue weighted by atomic mass is 9.79. The molecule has 2 aromatic rings. The summed E-state index contributed by atoms with van der Waals surface area (Å²) in [6.07, 6.45) is 2.18. The minimum atomic E-state index is -0.599. The number of carbonyl (C=O) groups excluding carboxylic acids is 1. The Kier molecular flexibility index (Phi) is 4.32. The van der Waals surface area contributed by atoms with Crippen LogP contribution in [-0.2, 0) is 10.3 Å². The molecule has 1 amide bonds. The van der Waals surface area contributed by atoms with Crippen LogP contribution < -0.4 is 5.73 Å². The van der Waals surface area contributed by atoms with Crippen LogP contribution in [0.1, 0.15) is 37.1 Å². The molecule has 1 aromatic heterocycles. The van der Waals surface area contributed by atoms with E-state index in [1.165, 1.54) is 4.90 Å². The van der Waals surface area contributed by atoms with Crippen molar-refractivity contribution in [3.05, 3.63) is 46.2 Å². The standard InChI is InChI=1S/C22H23N3OS/c1-4-6-14-7-5-8-16(11-14)17-12-18(27-13-17)22(2)19(15-9-10-15)20(26)25(3)21(23)24-22/h5,7-8,11-13,15,19H,9-10H2,1-3H3,(H2,23,24)/t19-,22-/m1/s1. The van der Waals surface area contributed by atoms with E-state index < -0.39 is 5.54 Å². The topological polar surface area (TPSA) is 58.7 Å². The molecule has 4 rings (SSSR count).